The molecule has 0 amide bonds. The first-order valence-corrected chi connectivity index (χ1v) is 7.88. The third kappa shape index (κ3) is 5.14. The lowest BCUT2D eigenvalue weighted by Gasteiger charge is -2.32. The van der Waals surface area contributed by atoms with Crippen molar-refractivity contribution in [2.45, 2.75) is 46.1 Å². The largest absolute Gasteiger partial charge is 0.497 e. The molecule has 7 heteroatoms. The fourth-order valence-corrected chi connectivity index (χ4v) is 2.18. The van der Waals surface area contributed by atoms with Crippen molar-refractivity contribution in [3.8, 4) is 5.75 Å². The molecule has 1 aromatic rings. The van der Waals surface area contributed by atoms with Crippen LogP contribution >= 0.6 is 0 Å². The van der Waals surface area contributed by atoms with Crippen LogP contribution in [0.2, 0.25) is 0 Å². The second-order valence-electron chi connectivity index (χ2n) is 6.52. The fraction of sp³-hybridized carbons (Fsp3) is 0.556. The van der Waals surface area contributed by atoms with Gasteiger partial charge in [0.1, 0.15) is 11.4 Å². The average molecular weight is 358 g/mol. The molecule has 0 aromatic heterocycles. The van der Waals surface area contributed by atoms with Crippen molar-refractivity contribution in [2.75, 3.05) is 13.7 Å². The minimum absolute atomic E-state index is 0.126. The Hall–Kier alpha value is -2.18. The molecule has 0 fully saturated rings. The summed E-state index contributed by atoms with van der Waals surface area (Å²) >= 11 is 0. The van der Waals surface area contributed by atoms with Gasteiger partial charge >= 0.3 is 11.9 Å². The molecular formula is C18H24F2O5. The van der Waals surface area contributed by atoms with E-state index < -0.39 is 35.8 Å². The Kier molecular flexibility index (Phi) is 6.90. The van der Waals surface area contributed by atoms with E-state index >= 15 is 0 Å². The minimum Gasteiger partial charge on any atom is -0.497 e. The van der Waals surface area contributed by atoms with E-state index in [1.165, 1.54) is 26.2 Å². The van der Waals surface area contributed by atoms with Crippen LogP contribution in [0.15, 0.2) is 24.3 Å². The van der Waals surface area contributed by atoms with E-state index in [-0.39, 0.29) is 6.61 Å². The molecule has 0 saturated heterocycles. The molecule has 0 aliphatic carbocycles. The van der Waals surface area contributed by atoms with Gasteiger partial charge in [-0.25, -0.2) is 8.78 Å². The summed E-state index contributed by atoms with van der Waals surface area (Å²) in [6.07, 6.45) is -3.83. The van der Waals surface area contributed by atoms with E-state index in [0.29, 0.717) is 11.3 Å². The number of halogens is 2. The van der Waals surface area contributed by atoms with Gasteiger partial charge in [0.25, 0.3) is 6.43 Å². The van der Waals surface area contributed by atoms with Gasteiger partial charge in [-0.2, -0.15) is 0 Å². The standard InChI is InChI=1S/C18H24F2O5/c1-6-24-15(21)18(14(19)20,16(22)25-17(2,3)4)11-12-7-9-13(23-5)10-8-12/h7-10,14H,6,11H2,1-5H3. The predicted molar refractivity (Wildman–Crippen MR) is 87.6 cm³/mol. The molecule has 0 heterocycles. The molecule has 0 spiro atoms. The number of carbonyl (C=O) groups is 2. The first-order chi connectivity index (χ1) is 11.6. The van der Waals surface area contributed by atoms with Crippen LogP contribution in [0.5, 0.6) is 5.75 Å². The van der Waals surface area contributed by atoms with Crippen molar-refractivity contribution in [1.82, 2.24) is 0 Å². The maximum absolute atomic E-state index is 14.0. The summed E-state index contributed by atoms with van der Waals surface area (Å²) in [6, 6.07) is 6.15. The molecule has 0 N–H and O–H groups in total. The zero-order valence-corrected chi connectivity index (χ0v) is 15.1. The number of esters is 2. The van der Waals surface area contributed by atoms with Gasteiger partial charge in [-0.3, -0.25) is 9.59 Å². The Morgan fingerprint density at radius 3 is 2.04 bits per heavy atom. The summed E-state index contributed by atoms with van der Waals surface area (Å²) in [5.41, 5.74) is -3.39. The van der Waals surface area contributed by atoms with E-state index in [2.05, 4.69) is 0 Å². The second kappa shape index (κ2) is 8.27. The highest BCUT2D eigenvalue weighted by molar-refractivity contribution is 6.01. The van der Waals surface area contributed by atoms with Crippen molar-refractivity contribution in [2.24, 2.45) is 5.41 Å². The van der Waals surface area contributed by atoms with Gasteiger partial charge in [0.15, 0.2) is 0 Å². The average Bonchev–Trinajstić information content (AvgIpc) is 2.51. The van der Waals surface area contributed by atoms with Crippen LogP contribution in [-0.4, -0.2) is 37.7 Å². The molecule has 5 nitrogen and oxygen atoms in total. The summed E-state index contributed by atoms with van der Waals surface area (Å²) in [5, 5.41) is 0. The Morgan fingerprint density at radius 2 is 1.64 bits per heavy atom. The van der Waals surface area contributed by atoms with Crippen molar-refractivity contribution >= 4 is 11.9 Å². The Labute approximate surface area is 146 Å². The highest BCUT2D eigenvalue weighted by Gasteiger charge is 2.57. The quantitative estimate of drug-likeness (QED) is 0.552. The maximum atomic E-state index is 14.0. The Morgan fingerprint density at radius 1 is 1.08 bits per heavy atom. The molecule has 1 rings (SSSR count). The molecule has 0 aliphatic heterocycles. The third-order valence-electron chi connectivity index (χ3n) is 3.42. The molecule has 25 heavy (non-hydrogen) atoms. The number of ether oxygens (including phenoxy) is 3. The number of hydrogen-bond donors (Lipinski definition) is 0. The van der Waals surface area contributed by atoms with E-state index in [1.807, 2.05) is 0 Å². The van der Waals surface area contributed by atoms with Crippen LogP contribution in [0, 0.1) is 5.41 Å². The lowest BCUT2D eigenvalue weighted by atomic mass is 9.81. The van der Waals surface area contributed by atoms with Gasteiger partial charge in [-0.05, 0) is 45.4 Å². The van der Waals surface area contributed by atoms with Crippen LogP contribution in [0.3, 0.4) is 0 Å². The summed E-state index contributed by atoms with van der Waals surface area (Å²) in [5.74, 6) is -2.07. The van der Waals surface area contributed by atoms with Crippen molar-refractivity contribution < 1.29 is 32.6 Å². The zero-order valence-electron chi connectivity index (χ0n) is 15.1. The van der Waals surface area contributed by atoms with Gasteiger partial charge < -0.3 is 14.2 Å². The van der Waals surface area contributed by atoms with Gasteiger partial charge in [0.05, 0.1) is 13.7 Å². The molecule has 0 radical (unpaired) electrons. The number of alkyl halides is 2. The molecule has 0 bridgehead atoms. The van der Waals surface area contributed by atoms with Gasteiger partial charge in [0, 0.05) is 6.42 Å². The van der Waals surface area contributed by atoms with Crippen molar-refractivity contribution in [1.29, 1.82) is 0 Å². The maximum Gasteiger partial charge on any atom is 0.330 e. The zero-order chi connectivity index (χ0) is 19.3. The lowest BCUT2D eigenvalue weighted by molar-refractivity contribution is -0.191. The highest BCUT2D eigenvalue weighted by atomic mass is 19.3. The fourth-order valence-electron chi connectivity index (χ4n) is 2.18. The summed E-state index contributed by atoms with van der Waals surface area (Å²) in [6.45, 7) is 5.98. The van der Waals surface area contributed by atoms with Crippen molar-refractivity contribution in [3.63, 3.8) is 0 Å². The minimum atomic E-state index is -3.29. The van der Waals surface area contributed by atoms with Crippen LogP contribution in [0.1, 0.15) is 33.3 Å². The van der Waals surface area contributed by atoms with Crippen LogP contribution in [-0.2, 0) is 25.5 Å². The number of hydrogen-bond acceptors (Lipinski definition) is 5. The smallest absolute Gasteiger partial charge is 0.330 e. The molecule has 0 aliphatic rings. The second-order valence-corrected chi connectivity index (χ2v) is 6.52. The van der Waals surface area contributed by atoms with Crippen LogP contribution in [0.25, 0.3) is 0 Å². The van der Waals surface area contributed by atoms with Gasteiger partial charge in [-0.15, -0.1) is 0 Å². The molecular weight excluding hydrogens is 334 g/mol. The molecule has 140 valence electrons. The van der Waals surface area contributed by atoms with Gasteiger partial charge in [0.2, 0.25) is 5.41 Å². The monoisotopic (exact) mass is 358 g/mol. The van der Waals surface area contributed by atoms with E-state index in [9.17, 15) is 18.4 Å². The first kappa shape index (κ1) is 20.9. The van der Waals surface area contributed by atoms with E-state index in [4.69, 9.17) is 14.2 Å². The first-order valence-electron chi connectivity index (χ1n) is 7.88. The van der Waals surface area contributed by atoms with E-state index in [1.54, 1.807) is 32.9 Å². The van der Waals surface area contributed by atoms with Gasteiger partial charge in [-0.1, -0.05) is 12.1 Å². The van der Waals surface area contributed by atoms with E-state index in [0.717, 1.165) is 0 Å². The Balaban J connectivity index is 3.31. The number of benzene rings is 1. The molecule has 0 saturated carbocycles. The summed E-state index contributed by atoms with van der Waals surface area (Å²) in [4.78, 5) is 24.9. The molecule has 1 unspecified atom stereocenters. The van der Waals surface area contributed by atoms with Crippen molar-refractivity contribution in [3.05, 3.63) is 29.8 Å². The summed E-state index contributed by atoms with van der Waals surface area (Å²) < 4.78 is 42.8. The number of carbonyl (C=O) groups excluding carboxylic acids is 2. The topological polar surface area (TPSA) is 61.8 Å². The highest BCUT2D eigenvalue weighted by Crippen LogP contribution is 2.36. The molecule has 1 atom stereocenters. The molecule has 1 aromatic carbocycles. The van der Waals surface area contributed by atoms with Crippen LogP contribution in [0.4, 0.5) is 8.78 Å². The normalized spacial score (nSPS) is 13.9. The SMILES string of the molecule is CCOC(=O)C(Cc1ccc(OC)cc1)(C(=O)OC(C)(C)C)C(F)F. The third-order valence-corrected chi connectivity index (χ3v) is 3.42. The summed E-state index contributed by atoms with van der Waals surface area (Å²) in [7, 11) is 1.47. The predicted octanol–water partition coefficient (Wildman–Crippen LogP) is 3.39. The Bertz CT molecular complexity index is 592. The van der Waals surface area contributed by atoms with Crippen LogP contribution < -0.4 is 4.74 Å². The number of rotatable bonds is 7. The number of methoxy groups -OCH3 is 1. The lowest BCUT2D eigenvalue weighted by Crippen LogP contribution is -2.51.